The number of hydrogen-bond acceptors (Lipinski definition) is 6. The second-order valence-electron chi connectivity index (χ2n) is 5.06. The van der Waals surface area contributed by atoms with E-state index in [0.29, 0.717) is 0 Å². The summed E-state index contributed by atoms with van der Waals surface area (Å²) < 4.78 is 0.747. The highest BCUT2D eigenvalue weighted by molar-refractivity contribution is 7.15. The lowest BCUT2D eigenvalue weighted by Gasteiger charge is -2.27. The number of hydrogen-bond donors (Lipinski definition) is 0. The van der Waals surface area contributed by atoms with Crippen LogP contribution in [0.3, 0.4) is 0 Å². The molecule has 0 saturated heterocycles. The fourth-order valence-corrected chi connectivity index (χ4v) is 3.27. The SMILES string of the molecule is CN(C)c1ncc2c(n1)CCN(Cc1ncc(Cl)s1)C2. The van der Waals surface area contributed by atoms with Crippen LogP contribution in [0.25, 0.3) is 0 Å². The summed E-state index contributed by atoms with van der Waals surface area (Å²) in [6.07, 6.45) is 4.61. The lowest BCUT2D eigenvalue weighted by Crippen LogP contribution is -2.31. The zero-order valence-electron chi connectivity index (χ0n) is 11.5. The van der Waals surface area contributed by atoms with Crippen molar-refractivity contribution in [3.63, 3.8) is 0 Å². The van der Waals surface area contributed by atoms with Crippen LogP contribution in [0.2, 0.25) is 4.34 Å². The van der Waals surface area contributed by atoms with Crippen molar-refractivity contribution in [3.05, 3.63) is 33.0 Å². The van der Waals surface area contributed by atoms with Crippen LogP contribution in [0.15, 0.2) is 12.4 Å². The molecule has 3 rings (SSSR count). The minimum atomic E-state index is 0.747. The molecule has 1 aliphatic heterocycles. The molecule has 0 unspecified atom stereocenters. The fraction of sp³-hybridized carbons (Fsp3) is 0.462. The summed E-state index contributed by atoms with van der Waals surface area (Å²) in [7, 11) is 3.92. The molecule has 20 heavy (non-hydrogen) atoms. The smallest absolute Gasteiger partial charge is 0.225 e. The molecule has 106 valence electrons. The highest BCUT2D eigenvalue weighted by Gasteiger charge is 2.19. The lowest BCUT2D eigenvalue weighted by molar-refractivity contribution is 0.242. The first-order chi connectivity index (χ1) is 9.61. The van der Waals surface area contributed by atoms with Gasteiger partial charge in [0.25, 0.3) is 0 Å². The summed E-state index contributed by atoms with van der Waals surface area (Å²) in [6.45, 7) is 2.71. The molecule has 0 spiro atoms. The Bertz CT molecular complexity index is 613. The van der Waals surface area contributed by atoms with Gasteiger partial charge in [-0.1, -0.05) is 11.6 Å². The number of thiazole rings is 1. The van der Waals surface area contributed by atoms with Crippen LogP contribution < -0.4 is 4.90 Å². The standard InChI is InChI=1S/C13H16ClN5S/c1-18(2)13-16-5-9-7-19(4-3-10(9)17-13)8-12-15-6-11(14)20-12/h5-6H,3-4,7-8H2,1-2H3. The molecule has 0 saturated carbocycles. The number of anilines is 1. The molecule has 0 fully saturated rings. The van der Waals surface area contributed by atoms with E-state index in [2.05, 4.69) is 19.9 Å². The van der Waals surface area contributed by atoms with Crippen LogP contribution >= 0.6 is 22.9 Å². The Morgan fingerprint density at radius 2 is 2.20 bits per heavy atom. The van der Waals surface area contributed by atoms with Gasteiger partial charge in [0.1, 0.15) is 9.34 Å². The highest BCUT2D eigenvalue weighted by atomic mass is 35.5. The Morgan fingerprint density at radius 1 is 1.35 bits per heavy atom. The van der Waals surface area contributed by atoms with Gasteiger partial charge in [-0.15, -0.1) is 11.3 Å². The molecule has 5 nitrogen and oxygen atoms in total. The van der Waals surface area contributed by atoms with Gasteiger partial charge in [-0.25, -0.2) is 15.0 Å². The predicted molar refractivity (Wildman–Crippen MR) is 81.3 cm³/mol. The second kappa shape index (κ2) is 5.63. The zero-order chi connectivity index (χ0) is 14.1. The average Bonchev–Trinajstić information content (AvgIpc) is 2.83. The van der Waals surface area contributed by atoms with Crippen LogP contribution in [0, 0.1) is 0 Å². The van der Waals surface area contributed by atoms with Crippen LogP contribution in [-0.4, -0.2) is 40.5 Å². The highest BCUT2D eigenvalue weighted by Crippen LogP contribution is 2.23. The van der Waals surface area contributed by atoms with E-state index in [4.69, 9.17) is 11.6 Å². The molecular weight excluding hydrogens is 294 g/mol. The second-order valence-corrected chi connectivity index (χ2v) is 6.80. The van der Waals surface area contributed by atoms with Crippen LogP contribution in [0.1, 0.15) is 16.3 Å². The van der Waals surface area contributed by atoms with E-state index in [1.165, 1.54) is 5.56 Å². The Balaban J connectivity index is 1.72. The Kier molecular flexibility index (Phi) is 3.87. The maximum absolute atomic E-state index is 5.92. The number of halogens is 1. The molecule has 7 heteroatoms. The van der Waals surface area contributed by atoms with Crippen molar-refractivity contribution in [1.29, 1.82) is 0 Å². The zero-order valence-corrected chi connectivity index (χ0v) is 13.1. The third-order valence-corrected chi connectivity index (χ3v) is 4.38. The van der Waals surface area contributed by atoms with Gasteiger partial charge in [-0.2, -0.15) is 0 Å². The van der Waals surface area contributed by atoms with Gasteiger partial charge in [0.2, 0.25) is 5.95 Å². The first kappa shape index (κ1) is 13.7. The first-order valence-corrected chi connectivity index (χ1v) is 7.66. The van der Waals surface area contributed by atoms with E-state index in [1.54, 1.807) is 17.5 Å². The van der Waals surface area contributed by atoms with E-state index in [0.717, 1.165) is 47.0 Å². The van der Waals surface area contributed by atoms with Crippen LogP contribution in [0.5, 0.6) is 0 Å². The third-order valence-electron chi connectivity index (χ3n) is 3.28. The molecule has 0 bridgehead atoms. The maximum Gasteiger partial charge on any atom is 0.225 e. The maximum atomic E-state index is 5.92. The summed E-state index contributed by atoms with van der Waals surface area (Å²) in [4.78, 5) is 17.6. The van der Waals surface area contributed by atoms with Crippen molar-refractivity contribution in [1.82, 2.24) is 19.9 Å². The molecule has 0 amide bonds. The van der Waals surface area contributed by atoms with Crippen molar-refractivity contribution < 1.29 is 0 Å². The van der Waals surface area contributed by atoms with E-state index < -0.39 is 0 Å². The van der Waals surface area contributed by atoms with E-state index in [9.17, 15) is 0 Å². The average molecular weight is 310 g/mol. The Morgan fingerprint density at radius 3 is 2.90 bits per heavy atom. The van der Waals surface area contributed by atoms with Gasteiger partial charge >= 0.3 is 0 Å². The van der Waals surface area contributed by atoms with Crippen molar-refractivity contribution in [2.75, 3.05) is 25.5 Å². The molecule has 0 N–H and O–H groups in total. The number of nitrogens with zero attached hydrogens (tertiary/aromatic N) is 5. The van der Waals surface area contributed by atoms with Gasteiger partial charge in [-0.05, 0) is 0 Å². The van der Waals surface area contributed by atoms with Crippen molar-refractivity contribution in [3.8, 4) is 0 Å². The van der Waals surface area contributed by atoms with Gasteiger partial charge in [0.05, 0.1) is 18.4 Å². The Hall–Kier alpha value is -1.24. The lowest BCUT2D eigenvalue weighted by atomic mass is 10.1. The molecule has 2 aromatic heterocycles. The summed E-state index contributed by atoms with van der Waals surface area (Å²) in [5.74, 6) is 0.781. The van der Waals surface area contributed by atoms with Crippen molar-refractivity contribution >= 4 is 28.9 Å². The molecule has 1 aliphatic rings. The number of rotatable bonds is 3. The summed E-state index contributed by atoms with van der Waals surface area (Å²) in [5.41, 5.74) is 2.38. The Labute approximate surface area is 127 Å². The van der Waals surface area contributed by atoms with E-state index >= 15 is 0 Å². The third kappa shape index (κ3) is 2.92. The van der Waals surface area contributed by atoms with Crippen LogP contribution in [0.4, 0.5) is 5.95 Å². The summed E-state index contributed by atoms with van der Waals surface area (Å²) in [5, 5.41) is 1.06. The van der Waals surface area contributed by atoms with Crippen molar-refractivity contribution in [2.24, 2.45) is 0 Å². The topological polar surface area (TPSA) is 45.2 Å². The largest absolute Gasteiger partial charge is 0.347 e. The number of fused-ring (bicyclic) bond motifs is 1. The van der Waals surface area contributed by atoms with E-state index in [1.807, 2.05) is 25.2 Å². The van der Waals surface area contributed by atoms with Crippen molar-refractivity contribution in [2.45, 2.75) is 19.5 Å². The first-order valence-electron chi connectivity index (χ1n) is 6.46. The molecule has 3 heterocycles. The van der Waals surface area contributed by atoms with E-state index in [-0.39, 0.29) is 0 Å². The summed E-state index contributed by atoms with van der Waals surface area (Å²) >= 11 is 7.46. The number of aromatic nitrogens is 3. The quantitative estimate of drug-likeness (QED) is 0.870. The molecule has 0 radical (unpaired) electrons. The van der Waals surface area contributed by atoms with Crippen LogP contribution in [-0.2, 0) is 19.5 Å². The van der Waals surface area contributed by atoms with Gasteiger partial charge in [-0.3, -0.25) is 4.90 Å². The predicted octanol–water partition coefficient (Wildman–Crippen LogP) is 2.21. The molecule has 0 aromatic carbocycles. The minimum Gasteiger partial charge on any atom is -0.347 e. The van der Waals surface area contributed by atoms with Gasteiger partial charge < -0.3 is 4.90 Å². The molecular formula is C13H16ClN5S. The van der Waals surface area contributed by atoms with Gasteiger partial charge in [0, 0.05) is 45.4 Å². The fourth-order valence-electron chi connectivity index (χ4n) is 2.27. The minimum absolute atomic E-state index is 0.747. The molecule has 0 atom stereocenters. The normalized spacial score (nSPS) is 15.2. The monoisotopic (exact) mass is 309 g/mol. The summed E-state index contributed by atoms with van der Waals surface area (Å²) in [6, 6.07) is 0. The van der Waals surface area contributed by atoms with Gasteiger partial charge in [0.15, 0.2) is 0 Å². The molecule has 0 aliphatic carbocycles. The molecule has 2 aromatic rings.